The SMILES string of the molecule is COc1ccc2[nH]cc(C3CCN(C(=O)CSCC(=O)Nc4ccc(F)cc4)CC3)c2c1. The average molecular weight is 456 g/mol. The number of methoxy groups -OCH3 is 1. The number of piperidine rings is 1. The van der Waals surface area contributed by atoms with Crippen LogP contribution in [0.2, 0.25) is 0 Å². The maximum absolute atomic E-state index is 12.9. The quantitative estimate of drug-likeness (QED) is 0.554. The summed E-state index contributed by atoms with van der Waals surface area (Å²) in [5, 5.41) is 3.88. The minimum absolute atomic E-state index is 0.0589. The van der Waals surface area contributed by atoms with Crippen molar-refractivity contribution in [2.75, 3.05) is 37.0 Å². The van der Waals surface area contributed by atoms with E-state index in [0.717, 1.165) is 24.1 Å². The van der Waals surface area contributed by atoms with Crippen molar-refractivity contribution >= 4 is 40.2 Å². The standard InChI is InChI=1S/C24H26FN3O3S/c1-31-19-6-7-22-20(12-19)21(13-26-22)16-8-10-28(11-9-16)24(30)15-32-14-23(29)27-18-4-2-17(25)3-5-18/h2-7,12-13,16,26H,8-11,14-15H2,1H3,(H,27,29). The van der Waals surface area contributed by atoms with E-state index >= 15 is 0 Å². The van der Waals surface area contributed by atoms with Crippen LogP contribution in [0.4, 0.5) is 10.1 Å². The van der Waals surface area contributed by atoms with Crippen molar-refractivity contribution in [1.29, 1.82) is 0 Å². The Hall–Kier alpha value is -3.00. The van der Waals surface area contributed by atoms with Gasteiger partial charge in [-0.15, -0.1) is 11.8 Å². The van der Waals surface area contributed by atoms with Crippen LogP contribution >= 0.6 is 11.8 Å². The summed E-state index contributed by atoms with van der Waals surface area (Å²) in [6, 6.07) is 11.6. The monoisotopic (exact) mass is 455 g/mol. The lowest BCUT2D eigenvalue weighted by molar-refractivity contribution is -0.129. The topological polar surface area (TPSA) is 74.4 Å². The number of anilines is 1. The molecule has 0 atom stereocenters. The van der Waals surface area contributed by atoms with Crippen molar-refractivity contribution in [3.63, 3.8) is 0 Å². The minimum Gasteiger partial charge on any atom is -0.497 e. The van der Waals surface area contributed by atoms with Crippen LogP contribution in [0.5, 0.6) is 5.75 Å². The second-order valence-electron chi connectivity index (χ2n) is 7.86. The number of hydrogen-bond acceptors (Lipinski definition) is 4. The average Bonchev–Trinajstić information content (AvgIpc) is 3.23. The number of thioether (sulfide) groups is 1. The molecule has 0 aliphatic carbocycles. The van der Waals surface area contributed by atoms with Crippen LogP contribution in [-0.4, -0.2) is 53.4 Å². The van der Waals surface area contributed by atoms with E-state index in [4.69, 9.17) is 4.74 Å². The van der Waals surface area contributed by atoms with E-state index in [2.05, 4.69) is 22.6 Å². The van der Waals surface area contributed by atoms with Gasteiger partial charge in [0.1, 0.15) is 11.6 Å². The Morgan fingerprint density at radius 2 is 1.91 bits per heavy atom. The number of aromatic nitrogens is 1. The smallest absolute Gasteiger partial charge is 0.234 e. The lowest BCUT2D eigenvalue weighted by Crippen LogP contribution is -2.39. The Balaban J connectivity index is 1.23. The van der Waals surface area contributed by atoms with Crippen LogP contribution in [-0.2, 0) is 9.59 Å². The molecule has 0 unspecified atom stereocenters. The molecular weight excluding hydrogens is 429 g/mol. The normalized spacial score (nSPS) is 14.5. The van der Waals surface area contributed by atoms with Gasteiger partial charge < -0.3 is 19.9 Å². The van der Waals surface area contributed by atoms with E-state index in [1.54, 1.807) is 7.11 Å². The minimum atomic E-state index is -0.351. The number of rotatable bonds is 7. The molecule has 168 valence electrons. The van der Waals surface area contributed by atoms with Gasteiger partial charge in [0.25, 0.3) is 0 Å². The summed E-state index contributed by atoms with van der Waals surface area (Å²) < 4.78 is 18.3. The first-order valence-electron chi connectivity index (χ1n) is 10.6. The molecule has 8 heteroatoms. The molecule has 1 aliphatic rings. The number of nitrogens with one attached hydrogen (secondary N) is 2. The van der Waals surface area contributed by atoms with Crippen molar-refractivity contribution < 1.29 is 18.7 Å². The molecule has 0 spiro atoms. The van der Waals surface area contributed by atoms with Crippen molar-refractivity contribution in [3.8, 4) is 5.75 Å². The summed E-state index contributed by atoms with van der Waals surface area (Å²) in [6.45, 7) is 1.42. The van der Waals surface area contributed by atoms with Gasteiger partial charge in [0.05, 0.1) is 18.6 Å². The van der Waals surface area contributed by atoms with E-state index in [-0.39, 0.29) is 29.1 Å². The third-order valence-electron chi connectivity index (χ3n) is 5.80. The van der Waals surface area contributed by atoms with Crippen LogP contribution in [0.3, 0.4) is 0 Å². The molecule has 1 aliphatic heterocycles. The molecule has 1 saturated heterocycles. The zero-order valence-electron chi connectivity index (χ0n) is 17.9. The number of ether oxygens (including phenoxy) is 1. The van der Waals surface area contributed by atoms with Crippen LogP contribution in [0.15, 0.2) is 48.7 Å². The fourth-order valence-corrected chi connectivity index (χ4v) is 4.80. The van der Waals surface area contributed by atoms with E-state index in [1.807, 2.05) is 17.0 Å². The fourth-order valence-electron chi connectivity index (χ4n) is 4.08. The van der Waals surface area contributed by atoms with Crippen LogP contribution < -0.4 is 10.1 Å². The van der Waals surface area contributed by atoms with Gasteiger partial charge in [0.2, 0.25) is 11.8 Å². The fraction of sp³-hybridized carbons (Fsp3) is 0.333. The van der Waals surface area contributed by atoms with Crippen molar-refractivity contribution in [2.24, 2.45) is 0 Å². The second-order valence-corrected chi connectivity index (χ2v) is 8.84. The largest absolute Gasteiger partial charge is 0.497 e. The van der Waals surface area contributed by atoms with Gasteiger partial charge in [-0.25, -0.2) is 4.39 Å². The van der Waals surface area contributed by atoms with E-state index in [0.29, 0.717) is 24.7 Å². The van der Waals surface area contributed by atoms with Gasteiger partial charge in [-0.1, -0.05) is 0 Å². The van der Waals surface area contributed by atoms with E-state index < -0.39 is 0 Å². The Kier molecular flexibility index (Phi) is 6.99. The number of benzene rings is 2. The highest BCUT2D eigenvalue weighted by Gasteiger charge is 2.25. The third-order valence-corrected chi connectivity index (χ3v) is 6.71. The first kappa shape index (κ1) is 22.2. The first-order chi connectivity index (χ1) is 15.5. The molecule has 6 nitrogen and oxygen atoms in total. The Bertz CT molecular complexity index is 1090. The summed E-state index contributed by atoms with van der Waals surface area (Å²) in [6.07, 6.45) is 3.89. The molecule has 32 heavy (non-hydrogen) atoms. The van der Waals surface area contributed by atoms with Crippen molar-refractivity contribution in [1.82, 2.24) is 9.88 Å². The highest BCUT2D eigenvalue weighted by atomic mass is 32.2. The van der Waals surface area contributed by atoms with Gasteiger partial charge in [0.15, 0.2) is 0 Å². The molecule has 2 N–H and O–H groups in total. The maximum atomic E-state index is 12.9. The molecule has 0 bridgehead atoms. The summed E-state index contributed by atoms with van der Waals surface area (Å²) in [5.74, 6) is 1.19. The first-order valence-corrected chi connectivity index (χ1v) is 11.7. The number of halogens is 1. The summed E-state index contributed by atoms with van der Waals surface area (Å²) in [7, 11) is 1.67. The van der Waals surface area contributed by atoms with Crippen LogP contribution in [0, 0.1) is 5.82 Å². The molecular formula is C24H26FN3O3S. The van der Waals surface area contributed by atoms with Gasteiger partial charge in [0, 0.05) is 35.9 Å². The Morgan fingerprint density at radius 1 is 1.16 bits per heavy atom. The number of aromatic amines is 1. The van der Waals surface area contributed by atoms with Gasteiger partial charge in [-0.3, -0.25) is 9.59 Å². The lowest BCUT2D eigenvalue weighted by Gasteiger charge is -2.32. The molecule has 1 fully saturated rings. The zero-order chi connectivity index (χ0) is 22.5. The lowest BCUT2D eigenvalue weighted by atomic mass is 9.89. The van der Waals surface area contributed by atoms with Crippen LogP contribution in [0.25, 0.3) is 10.9 Å². The number of carbonyl (C=O) groups excluding carboxylic acids is 2. The molecule has 3 aromatic rings. The summed E-state index contributed by atoms with van der Waals surface area (Å²) in [4.78, 5) is 29.8. The van der Waals surface area contributed by atoms with Gasteiger partial charge >= 0.3 is 0 Å². The summed E-state index contributed by atoms with van der Waals surface area (Å²) >= 11 is 1.29. The number of carbonyl (C=O) groups is 2. The Morgan fingerprint density at radius 3 is 2.62 bits per heavy atom. The molecule has 2 amide bonds. The number of hydrogen-bond donors (Lipinski definition) is 2. The highest BCUT2D eigenvalue weighted by molar-refractivity contribution is 8.00. The predicted molar refractivity (Wildman–Crippen MR) is 126 cm³/mol. The highest BCUT2D eigenvalue weighted by Crippen LogP contribution is 2.34. The third kappa shape index (κ3) is 5.24. The van der Waals surface area contributed by atoms with E-state index in [9.17, 15) is 14.0 Å². The molecule has 2 aromatic carbocycles. The predicted octanol–water partition coefficient (Wildman–Crippen LogP) is 4.39. The second kappa shape index (κ2) is 10.1. The molecule has 1 aromatic heterocycles. The number of amides is 2. The molecule has 2 heterocycles. The van der Waals surface area contributed by atoms with Gasteiger partial charge in [-0.2, -0.15) is 0 Å². The van der Waals surface area contributed by atoms with Crippen LogP contribution in [0.1, 0.15) is 24.3 Å². The number of fused-ring (bicyclic) bond motifs is 1. The van der Waals surface area contributed by atoms with Crippen molar-refractivity contribution in [2.45, 2.75) is 18.8 Å². The summed E-state index contributed by atoms with van der Waals surface area (Å²) in [5.41, 5.74) is 2.91. The Labute approximate surface area is 190 Å². The maximum Gasteiger partial charge on any atom is 0.234 e. The van der Waals surface area contributed by atoms with Crippen molar-refractivity contribution in [3.05, 3.63) is 60.0 Å². The van der Waals surface area contributed by atoms with Gasteiger partial charge in [-0.05, 0) is 66.8 Å². The molecule has 0 saturated carbocycles. The van der Waals surface area contributed by atoms with E-state index in [1.165, 1.54) is 47.0 Å². The number of nitrogens with zero attached hydrogens (tertiary/aromatic N) is 1. The molecule has 4 rings (SSSR count). The molecule has 0 radical (unpaired) electrons. The number of H-pyrrole nitrogens is 1. The zero-order valence-corrected chi connectivity index (χ0v) is 18.7. The number of likely N-dealkylation sites (tertiary alicyclic amines) is 1.